The molecular weight excluding hydrogens is 184 g/mol. The molecule has 0 saturated carbocycles. The Balaban J connectivity index is 0. The van der Waals surface area contributed by atoms with E-state index in [1.807, 2.05) is 0 Å². The second-order valence-electron chi connectivity index (χ2n) is 0. The Kier molecular flexibility index (Phi) is 545. The Morgan fingerprint density at radius 3 is 0.750 bits per heavy atom. The molecule has 0 saturated heterocycles. The molecule has 0 aromatic rings. The molecule has 0 aliphatic heterocycles. The average Bonchev–Trinajstić information content (AvgIpc) is 0. The minimum Gasteiger partial charge on any atom is -0.412 e. The van der Waals surface area contributed by atoms with Gasteiger partial charge >= 0.3 is 0 Å². The zero-order valence-electron chi connectivity index (χ0n) is 1.76. The summed E-state index contributed by atoms with van der Waals surface area (Å²) < 4.78 is 0. The van der Waals surface area contributed by atoms with Gasteiger partial charge in [0.25, 0.3) is 0 Å². The van der Waals surface area contributed by atoms with Gasteiger partial charge in [0.1, 0.15) is 0 Å². The number of hydrogen-bond acceptors (Lipinski definition) is 0. The largest absolute Gasteiger partial charge is 0.412 e. The summed E-state index contributed by atoms with van der Waals surface area (Å²) in [6, 6.07) is 0. The van der Waals surface area contributed by atoms with Crippen LogP contribution in [0.4, 0.5) is 0 Å². The van der Waals surface area contributed by atoms with Gasteiger partial charge in [-0.05, 0) is 0 Å². The van der Waals surface area contributed by atoms with Crippen LogP contribution in [0.15, 0.2) is 0 Å². The van der Waals surface area contributed by atoms with E-state index < -0.39 is 0 Å². The molecule has 0 heterocycles. The van der Waals surface area contributed by atoms with Crippen molar-refractivity contribution in [1.29, 1.82) is 0 Å². The van der Waals surface area contributed by atoms with Crippen molar-refractivity contribution in [3.05, 3.63) is 0 Å². The molecule has 0 rings (SSSR count). The standard InChI is InChI=1S/Fe.Mo.2H2O/h;;2*1H2. The fourth-order valence-corrected chi connectivity index (χ4v) is 0. The molecule has 0 aliphatic rings. The van der Waals surface area contributed by atoms with Crippen molar-refractivity contribution in [1.82, 2.24) is 0 Å². The third-order valence-corrected chi connectivity index (χ3v) is 0. The summed E-state index contributed by atoms with van der Waals surface area (Å²) >= 11 is 0. The Bertz CT molecular complexity index is 6.00. The molecule has 0 unspecified atom stereocenters. The first-order valence-corrected chi connectivity index (χ1v) is 0. The maximum Gasteiger partial charge on any atom is 0 e. The minimum atomic E-state index is 0. The molecule has 0 spiro atoms. The van der Waals surface area contributed by atoms with Crippen LogP contribution in [-0.2, 0) is 38.1 Å². The first kappa shape index (κ1) is 68.7. The summed E-state index contributed by atoms with van der Waals surface area (Å²) in [5.74, 6) is 0. The molecule has 0 bridgehead atoms. The normalized spacial score (nSPS) is 0. The van der Waals surface area contributed by atoms with Gasteiger partial charge in [0.05, 0.1) is 0 Å². The number of hydrogen-bond donors (Lipinski definition) is 0. The van der Waals surface area contributed by atoms with E-state index in [1.54, 1.807) is 0 Å². The Hall–Kier alpha value is 1.13. The van der Waals surface area contributed by atoms with E-state index in [0.717, 1.165) is 0 Å². The maximum absolute atomic E-state index is 0. The van der Waals surface area contributed by atoms with Crippen LogP contribution >= 0.6 is 0 Å². The predicted octanol–water partition coefficient (Wildman–Crippen LogP) is -1.65. The summed E-state index contributed by atoms with van der Waals surface area (Å²) in [7, 11) is 0. The molecule has 0 radical (unpaired) electrons. The van der Waals surface area contributed by atoms with E-state index in [0.29, 0.717) is 0 Å². The van der Waals surface area contributed by atoms with Gasteiger partial charge in [0.15, 0.2) is 0 Å². The topological polar surface area (TPSA) is 63.0 Å². The predicted molar refractivity (Wildman–Crippen MR) is 7.23 cm³/mol. The second-order valence-corrected chi connectivity index (χ2v) is 0. The smallest absolute Gasteiger partial charge is 0 e. The molecule has 0 amide bonds. The molecule has 4 heteroatoms. The average molecular weight is 188 g/mol. The van der Waals surface area contributed by atoms with Gasteiger partial charge in [0, 0.05) is 38.1 Å². The molecule has 4 heavy (non-hydrogen) atoms. The molecule has 0 aliphatic carbocycles. The van der Waals surface area contributed by atoms with Crippen molar-refractivity contribution in [3.8, 4) is 0 Å². The fourth-order valence-electron chi connectivity index (χ4n) is 0. The monoisotopic (exact) mass is 190 g/mol. The van der Waals surface area contributed by atoms with Crippen LogP contribution in [0.1, 0.15) is 0 Å². The van der Waals surface area contributed by atoms with Gasteiger partial charge in [0.2, 0.25) is 0 Å². The maximum atomic E-state index is 0. The molecule has 30 valence electrons. The van der Waals surface area contributed by atoms with E-state index in [4.69, 9.17) is 0 Å². The fraction of sp³-hybridized carbons (Fsp3) is 0. The zero-order chi connectivity index (χ0) is 0. The quantitative estimate of drug-likeness (QED) is 0.408. The van der Waals surface area contributed by atoms with Gasteiger partial charge in [-0.2, -0.15) is 0 Å². The van der Waals surface area contributed by atoms with Gasteiger partial charge in [-0.15, -0.1) is 0 Å². The summed E-state index contributed by atoms with van der Waals surface area (Å²) in [6.45, 7) is 0. The molecule has 0 aromatic carbocycles. The van der Waals surface area contributed by atoms with Crippen LogP contribution in [0.3, 0.4) is 0 Å². The van der Waals surface area contributed by atoms with Gasteiger partial charge in [-0.3, -0.25) is 0 Å². The van der Waals surface area contributed by atoms with E-state index in [1.165, 1.54) is 0 Å². The summed E-state index contributed by atoms with van der Waals surface area (Å²) in [5, 5.41) is 0. The van der Waals surface area contributed by atoms with Crippen molar-refractivity contribution in [2.24, 2.45) is 0 Å². The van der Waals surface area contributed by atoms with Crippen molar-refractivity contribution < 1.29 is 49.1 Å². The summed E-state index contributed by atoms with van der Waals surface area (Å²) in [4.78, 5) is 0. The van der Waals surface area contributed by atoms with E-state index in [-0.39, 0.29) is 49.1 Å². The SMILES string of the molecule is O.O.[Fe].[Mo]. The van der Waals surface area contributed by atoms with Crippen LogP contribution in [0.25, 0.3) is 0 Å². The molecule has 4 N–H and O–H groups in total. The van der Waals surface area contributed by atoms with E-state index in [9.17, 15) is 0 Å². The zero-order valence-corrected chi connectivity index (χ0v) is 4.87. The van der Waals surface area contributed by atoms with Crippen LogP contribution in [0.2, 0.25) is 0 Å². The van der Waals surface area contributed by atoms with Crippen molar-refractivity contribution in [2.75, 3.05) is 0 Å². The Morgan fingerprint density at radius 1 is 0.750 bits per heavy atom. The van der Waals surface area contributed by atoms with Crippen LogP contribution in [0, 0.1) is 0 Å². The number of rotatable bonds is 0. The molecule has 0 aromatic heterocycles. The van der Waals surface area contributed by atoms with Crippen molar-refractivity contribution in [2.45, 2.75) is 0 Å². The van der Waals surface area contributed by atoms with Crippen LogP contribution < -0.4 is 0 Å². The van der Waals surface area contributed by atoms with Gasteiger partial charge in [-0.1, -0.05) is 0 Å². The third kappa shape index (κ3) is 11.1. The molecule has 0 atom stereocenters. The summed E-state index contributed by atoms with van der Waals surface area (Å²) in [5.41, 5.74) is 0. The van der Waals surface area contributed by atoms with Gasteiger partial charge < -0.3 is 11.0 Å². The Labute approximate surface area is 49.3 Å². The third-order valence-electron chi connectivity index (χ3n) is 0. The van der Waals surface area contributed by atoms with Crippen molar-refractivity contribution in [3.63, 3.8) is 0 Å². The van der Waals surface area contributed by atoms with Crippen molar-refractivity contribution >= 4 is 0 Å². The Morgan fingerprint density at radius 2 is 0.750 bits per heavy atom. The van der Waals surface area contributed by atoms with Crippen LogP contribution in [0.5, 0.6) is 0 Å². The second kappa shape index (κ2) is 31.7. The van der Waals surface area contributed by atoms with Gasteiger partial charge in [-0.25, -0.2) is 0 Å². The van der Waals surface area contributed by atoms with E-state index >= 15 is 0 Å². The van der Waals surface area contributed by atoms with Crippen LogP contribution in [-0.4, -0.2) is 11.0 Å². The first-order valence-electron chi connectivity index (χ1n) is 0. The molecule has 0 fully saturated rings. The van der Waals surface area contributed by atoms with E-state index in [2.05, 4.69) is 0 Å². The molecular formula is H4FeMoO2. The summed E-state index contributed by atoms with van der Waals surface area (Å²) in [6.07, 6.45) is 0. The minimum absolute atomic E-state index is 0. The first-order chi connectivity index (χ1) is 0. The molecule has 2 nitrogen and oxygen atoms in total.